The van der Waals surface area contributed by atoms with Gasteiger partial charge in [0.2, 0.25) is 0 Å². The van der Waals surface area contributed by atoms with Crippen LogP contribution < -0.4 is 0 Å². The van der Waals surface area contributed by atoms with Gasteiger partial charge in [-0.3, -0.25) is 4.90 Å². The number of rotatable bonds is 10. The molecular weight excluding hydrogens is 266 g/mol. The lowest BCUT2D eigenvalue weighted by molar-refractivity contribution is 0.0815. The molecule has 0 radical (unpaired) electrons. The van der Waals surface area contributed by atoms with Crippen molar-refractivity contribution in [2.75, 3.05) is 47.1 Å². The van der Waals surface area contributed by atoms with Crippen LogP contribution in [-0.2, 0) is 9.47 Å². The van der Waals surface area contributed by atoms with Crippen molar-refractivity contribution in [3.8, 4) is 0 Å². The summed E-state index contributed by atoms with van der Waals surface area (Å²) in [7, 11) is 3.42. The number of ether oxygens (including phenoxy) is 2. The minimum atomic E-state index is -0.468. The van der Waals surface area contributed by atoms with Gasteiger partial charge in [0.15, 0.2) is 0 Å². The molecule has 1 rings (SSSR count). The lowest BCUT2D eigenvalue weighted by Gasteiger charge is -2.25. The van der Waals surface area contributed by atoms with Crippen molar-refractivity contribution in [1.82, 2.24) is 4.90 Å². The summed E-state index contributed by atoms with van der Waals surface area (Å²) in [6, 6.07) is 6.22. The van der Waals surface area contributed by atoms with Crippen LogP contribution >= 0.6 is 0 Å². The Balaban J connectivity index is 2.64. The molecule has 1 aromatic carbocycles. The van der Waals surface area contributed by atoms with Crippen molar-refractivity contribution in [1.29, 1.82) is 0 Å². The Kier molecular flexibility index (Phi) is 8.54. The predicted molar refractivity (Wildman–Crippen MR) is 85.7 cm³/mol. The number of aliphatic hydroxyl groups excluding tert-OH is 1. The van der Waals surface area contributed by atoms with Crippen molar-refractivity contribution in [3.63, 3.8) is 0 Å². The van der Waals surface area contributed by atoms with E-state index in [9.17, 15) is 5.11 Å². The number of hydrogen-bond acceptors (Lipinski definition) is 4. The average Bonchev–Trinajstić information content (AvgIpc) is 2.47. The molecular formula is C17H29NO3. The fraction of sp³-hybridized carbons (Fsp3) is 0.647. The molecule has 120 valence electrons. The molecule has 0 fully saturated rings. The van der Waals surface area contributed by atoms with Crippen LogP contribution in [0.4, 0.5) is 0 Å². The molecule has 21 heavy (non-hydrogen) atoms. The van der Waals surface area contributed by atoms with E-state index in [0.29, 0.717) is 13.2 Å². The van der Waals surface area contributed by atoms with E-state index in [1.807, 2.05) is 6.92 Å². The monoisotopic (exact) mass is 295 g/mol. The minimum Gasteiger partial charge on any atom is -0.387 e. The van der Waals surface area contributed by atoms with E-state index in [2.05, 4.69) is 30.0 Å². The number of nitrogens with zero attached hydrogens (tertiary/aromatic N) is 1. The maximum atomic E-state index is 10.5. The van der Waals surface area contributed by atoms with Crippen LogP contribution in [0.2, 0.25) is 0 Å². The molecule has 4 nitrogen and oxygen atoms in total. The van der Waals surface area contributed by atoms with Crippen LogP contribution in [0.3, 0.4) is 0 Å². The SMILES string of the molecule is COCCCN(CCOC)CC(O)c1cc(C)ccc1C. The molecule has 0 aliphatic carbocycles. The normalized spacial score (nSPS) is 12.9. The van der Waals surface area contributed by atoms with Gasteiger partial charge in [-0.15, -0.1) is 0 Å². The highest BCUT2D eigenvalue weighted by atomic mass is 16.5. The Morgan fingerprint density at radius 2 is 1.81 bits per heavy atom. The van der Waals surface area contributed by atoms with Gasteiger partial charge in [0, 0.05) is 40.5 Å². The Labute approximate surface area is 128 Å². The largest absolute Gasteiger partial charge is 0.387 e. The molecule has 0 bridgehead atoms. The molecule has 0 heterocycles. The highest BCUT2D eigenvalue weighted by molar-refractivity contribution is 5.32. The minimum absolute atomic E-state index is 0.468. The fourth-order valence-corrected chi connectivity index (χ4v) is 2.41. The maximum absolute atomic E-state index is 10.5. The summed E-state index contributed by atoms with van der Waals surface area (Å²) in [4.78, 5) is 2.23. The lowest BCUT2D eigenvalue weighted by Crippen LogP contribution is -2.33. The summed E-state index contributed by atoms with van der Waals surface area (Å²) < 4.78 is 10.3. The first-order chi connectivity index (χ1) is 10.1. The number of methoxy groups -OCH3 is 2. The Bertz CT molecular complexity index is 409. The summed E-state index contributed by atoms with van der Waals surface area (Å²) in [5, 5.41) is 10.5. The van der Waals surface area contributed by atoms with Gasteiger partial charge >= 0.3 is 0 Å². The van der Waals surface area contributed by atoms with E-state index in [-0.39, 0.29) is 0 Å². The summed E-state index contributed by atoms with van der Waals surface area (Å²) in [5.41, 5.74) is 3.33. The van der Waals surface area contributed by atoms with E-state index in [1.165, 1.54) is 5.56 Å². The number of aliphatic hydroxyl groups is 1. The van der Waals surface area contributed by atoms with Crippen LogP contribution in [-0.4, -0.2) is 57.1 Å². The zero-order valence-electron chi connectivity index (χ0n) is 13.8. The standard InChI is InChI=1S/C17H29NO3/c1-14-6-7-15(2)16(12-14)17(19)13-18(9-11-21-4)8-5-10-20-3/h6-7,12,17,19H,5,8-11,13H2,1-4H3. The van der Waals surface area contributed by atoms with E-state index in [0.717, 1.165) is 37.2 Å². The number of benzene rings is 1. The van der Waals surface area contributed by atoms with Crippen LogP contribution in [0.1, 0.15) is 29.2 Å². The molecule has 1 unspecified atom stereocenters. The molecule has 1 aromatic rings. The third-order valence-corrected chi connectivity index (χ3v) is 3.66. The van der Waals surface area contributed by atoms with Crippen LogP contribution in [0, 0.1) is 13.8 Å². The van der Waals surface area contributed by atoms with E-state index in [4.69, 9.17) is 9.47 Å². The lowest BCUT2D eigenvalue weighted by atomic mass is 10.0. The molecule has 1 N–H and O–H groups in total. The van der Waals surface area contributed by atoms with Gasteiger partial charge in [-0.05, 0) is 31.4 Å². The topological polar surface area (TPSA) is 41.9 Å². The number of hydrogen-bond donors (Lipinski definition) is 1. The number of aryl methyl sites for hydroxylation is 2. The van der Waals surface area contributed by atoms with Gasteiger partial charge in [-0.25, -0.2) is 0 Å². The zero-order valence-corrected chi connectivity index (χ0v) is 13.8. The van der Waals surface area contributed by atoms with Gasteiger partial charge in [-0.2, -0.15) is 0 Å². The second-order valence-electron chi connectivity index (χ2n) is 5.52. The summed E-state index contributed by atoms with van der Waals surface area (Å²) in [5.74, 6) is 0. The van der Waals surface area contributed by atoms with Gasteiger partial charge in [-0.1, -0.05) is 23.8 Å². The molecule has 0 amide bonds. The third kappa shape index (κ3) is 6.57. The Hall–Kier alpha value is -0.940. The first-order valence-electron chi connectivity index (χ1n) is 7.54. The van der Waals surface area contributed by atoms with Crippen molar-refractivity contribution in [3.05, 3.63) is 34.9 Å². The second-order valence-corrected chi connectivity index (χ2v) is 5.52. The van der Waals surface area contributed by atoms with Crippen molar-refractivity contribution in [2.24, 2.45) is 0 Å². The average molecular weight is 295 g/mol. The second kappa shape index (κ2) is 9.90. The Morgan fingerprint density at radius 3 is 2.48 bits per heavy atom. The molecule has 0 saturated carbocycles. The maximum Gasteiger partial charge on any atom is 0.0919 e. The van der Waals surface area contributed by atoms with Gasteiger partial charge in [0.25, 0.3) is 0 Å². The van der Waals surface area contributed by atoms with E-state index in [1.54, 1.807) is 14.2 Å². The van der Waals surface area contributed by atoms with Crippen LogP contribution in [0.15, 0.2) is 18.2 Å². The highest BCUT2D eigenvalue weighted by Crippen LogP contribution is 2.20. The fourth-order valence-electron chi connectivity index (χ4n) is 2.41. The quantitative estimate of drug-likeness (QED) is 0.673. The molecule has 0 saturated heterocycles. The molecule has 0 aliphatic rings. The summed E-state index contributed by atoms with van der Waals surface area (Å²) in [6.07, 6.45) is 0.490. The van der Waals surface area contributed by atoms with Crippen LogP contribution in [0.5, 0.6) is 0 Å². The van der Waals surface area contributed by atoms with Crippen LogP contribution in [0.25, 0.3) is 0 Å². The first kappa shape index (κ1) is 18.1. The van der Waals surface area contributed by atoms with Gasteiger partial charge in [0.05, 0.1) is 12.7 Å². The Morgan fingerprint density at radius 1 is 1.10 bits per heavy atom. The van der Waals surface area contributed by atoms with E-state index >= 15 is 0 Å². The van der Waals surface area contributed by atoms with Crippen molar-refractivity contribution in [2.45, 2.75) is 26.4 Å². The summed E-state index contributed by atoms with van der Waals surface area (Å²) in [6.45, 7) is 7.85. The highest BCUT2D eigenvalue weighted by Gasteiger charge is 2.15. The zero-order chi connectivity index (χ0) is 15.7. The summed E-state index contributed by atoms with van der Waals surface area (Å²) >= 11 is 0. The third-order valence-electron chi connectivity index (χ3n) is 3.66. The first-order valence-corrected chi connectivity index (χ1v) is 7.54. The van der Waals surface area contributed by atoms with Crippen molar-refractivity contribution >= 4 is 0 Å². The molecule has 0 aromatic heterocycles. The van der Waals surface area contributed by atoms with Gasteiger partial charge < -0.3 is 14.6 Å². The smallest absolute Gasteiger partial charge is 0.0919 e. The van der Waals surface area contributed by atoms with Gasteiger partial charge in [0.1, 0.15) is 0 Å². The van der Waals surface area contributed by atoms with E-state index < -0.39 is 6.10 Å². The van der Waals surface area contributed by atoms with Crippen molar-refractivity contribution < 1.29 is 14.6 Å². The molecule has 0 aliphatic heterocycles. The molecule has 1 atom stereocenters. The predicted octanol–water partition coefficient (Wildman–Crippen LogP) is 2.32. The molecule has 4 heteroatoms. The molecule has 0 spiro atoms.